The highest BCUT2D eigenvalue weighted by molar-refractivity contribution is 5.86. The van der Waals surface area contributed by atoms with Gasteiger partial charge in [0.05, 0.1) is 5.56 Å². The molecule has 3 aromatic rings. The van der Waals surface area contributed by atoms with E-state index < -0.39 is 23.6 Å². The lowest BCUT2D eigenvalue weighted by atomic mass is 10.0. The summed E-state index contributed by atoms with van der Waals surface area (Å²) in [4.78, 5) is 15.0. The molecule has 3 nitrogen and oxygen atoms in total. The number of rotatable bonds is 4. The summed E-state index contributed by atoms with van der Waals surface area (Å²) in [6.07, 6.45) is -4.46. The van der Waals surface area contributed by atoms with E-state index in [2.05, 4.69) is 5.32 Å². The van der Waals surface area contributed by atoms with Gasteiger partial charge >= 0.3 is 6.18 Å². The molecule has 0 aromatic heterocycles. The third-order valence-corrected chi connectivity index (χ3v) is 5.13. The highest BCUT2D eigenvalue weighted by atomic mass is 19.4. The van der Waals surface area contributed by atoms with Crippen molar-refractivity contribution in [3.8, 4) is 0 Å². The van der Waals surface area contributed by atoms with Gasteiger partial charge in [-0.1, -0.05) is 36.4 Å². The molecule has 1 atom stereocenters. The average molecular weight is 414 g/mol. The number of fused-ring (bicyclic) bond motifs is 1. The molecule has 1 aliphatic heterocycles. The van der Waals surface area contributed by atoms with Crippen molar-refractivity contribution >= 4 is 11.6 Å². The van der Waals surface area contributed by atoms with Gasteiger partial charge in [0, 0.05) is 18.8 Å². The third kappa shape index (κ3) is 4.15. The molecule has 1 heterocycles. The fourth-order valence-corrected chi connectivity index (χ4v) is 3.54. The summed E-state index contributed by atoms with van der Waals surface area (Å²) in [5.74, 6) is -0.691. The number of hydrogen-bond donors (Lipinski definition) is 1. The molecule has 154 valence electrons. The van der Waals surface area contributed by atoms with Gasteiger partial charge < -0.3 is 10.2 Å². The van der Waals surface area contributed by atoms with E-state index in [-0.39, 0.29) is 5.91 Å². The summed E-state index contributed by atoms with van der Waals surface area (Å²) in [6.45, 7) is 0.856. The van der Waals surface area contributed by atoms with Crippen molar-refractivity contribution in [3.63, 3.8) is 0 Å². The number of alkyl halides is 3. The van der Waals surface area contributed by atoms with Crippen molar-refractivity contribution in [2.75, 3.05) is 5.32 Å². The average Bonchev–Trinajstić information content (AvgIpc) is 3.17. The maximum atomic E-state index is 13.3. The molecule has 0 bridgehead atoms. The maximum Gasteiger partial charge on any atom is 0.416 e. The number of amides is 1. The van der Waals surface area contributed by atoms with Gasteiger partial charge in [0.1, 0.15) is 11.9 Å². The molecule has 0 aliphatic carbocycles. The molecule has 7 heteroatoms. The monoisotopic (exact) mass is 414 g/mol. The first-order valence-electron chi connectivity index (χ1n) is 9.36. The van der Waals surface area contributed by atoms with Crippen LogP contribution >= 0.6 is 0 Å². The molecule has 30 heavy (non-hydrogen) atoms. The zero-order chi connectivity index (χ0) is 21.3. The van der Waals surface area contributed by atoms with Crippen LogP contribution in [0.4, 0.5) is 23.2 Å². The Kier molecular flexibility index (Phi) is 5.20. The van der Waals surface area contributed by atoms with Gasteiger partial charge in [-0.3, -0.25) is 4.79 Å². The first-order valence-corrected chi connectivity index (χ1v) is 9.36. The summed E-state index contributed by atoms with van der Waals surface area (Å²) in [5, 5.41) is 3.05. The minimum absolute atomic E-state index is 0.268. The molecule has 0 saturated carbocycles. The number of anilines is 1. The summed E-state index contributed by atoms with van der Waals surface area (Å²) in [5.41, 5.74) is 2.19. The molecular weight excluding hydrogens is 396 g/mol. The molecule has 0 spiro atoms. The third-order valence-electron chi connectivity index (χ3n) is 5.13. The summed E-state index contributed by atoms with van der Waals surface area (Å²) < 4.78 is 52.1. The number of benzene rings is 3. The van der Waals surface area contributed by atoms with Crippen LogP contribution in [0.25, 0.3) is 0 Å². The molecule has 0 fully saturated rings. The van der Waals surface area contributed by atoms with Gasteiger partial charge in [-0.25, -0.2) is 4.39 Å². The van der Waals surface area contributed by atoms with Crippen molar-refractivity contribution < 1.29 is 22.4 Å². The lowest BCUT2D eigenvalue weighted by molar-refractivity contribution is -0.137. The van der Waals surface area contributed by atoms with E-state index in [0.717, 1.165) is 23.3 Å². The number of nitrogens with one attached hydrogen (secondary N) is 1. The fraction of sp³-hybridized carbons (Fsp3) is 0.174. The Morgan fingerprint density at radius 2 is 1.43 bits per heavy atom. The van der Waals surface area contributed by atoms with E-state index in [1.54, 1.807) is 4.90 Å². The van der Waals surface area contributed by atoms with Crippen molar-refractivity contribution in [3.05, 3.63) is 101 Å². The van der Waals surface area contributed by atoms with Crippen LogP contribution in [0.1, 0.15) is 28.3 Å². The van der Waals surface area contributed by atoms with Gasteiger partial charge in [0.15, 0.2) is 0 Å². The number of carbonyl (C=O) groups is 1. The Labute approximate surface area is 170 Å². The Bertz CT molecular complexity index is 1020. The van der Waals surface area contributed by atoms with Crippen molar-refractivity contribution in [1.29, 1.82) is 0 Å². The summed E-state index contributed by atoms with van der Waals surface area (Å²) in [6, 6.07) is 16.8. The normalized spacial score (nSPS) is 14.3. The first kappa shape index (κ1) is 19.9. The topological polar surface area (TPSA) is 32.3 Å². The number of carbonyl (C=O) groups excluding carboxylic acids is 1. The van der Waals surface area contributed by atoms with Crippen LogP contribution in [0.5, 0.6) is 0 Å². The van der Waals surface area contributed by atoms with Crippen LogP contribution < -0.4 is 5.32 Å². The van der Waals surface area contributed by atoms with Crippen molar-refractivity contribution in [2.24, 2.45) is 0 Å². The van der Waals surface area contributed by atoms with Crippen LogP contribution in [0.2, 0.25) is 0 Å². The van der Waals surface area contributed by atoms with E-state index in [1.165, 1.54) is 36.4 Å². The minimum Gasteiger partial charge on any atom is -0.370 e. The van der Waals surface area contributed by atoms with Gasteiger partial charge in [-0.05, 0) is 53.1 Å². The molecule has 1 unspecified atom stereocenters. The van der Waals surface area contributed by atoms with Crippen LogP contribution in [0, 0.1) is 5.82 Å². The number of hydrogen-bond acceptors (Lipinski definition) is 2. The number of nitrogens with zero attached hydrogens (tertiary/aromatic N) is 1. The van der Waals surface area contributed by atoms with E-state index in [1.807, 2.05) is 24.3 Å². The Morgan fingerprint density at radius 1 is 0.867 bits per heavy atom. The predicted molar refractivity (Wildman–Crippen MR) is 105 cm³/mol. The van der Waals surface area contributed by atoms with E-state index in [9.17, 15) is 22.4 Å². The predicted octanol–water partition coefficient (Wildman–Crippen LogP) is 5.54. The van der Waals surface area contributed by atoms with Gasteiger partial charge in [-0.15, -0.1) is 0 Å². The molecule has 0 radical (unpaired) electrons. The van der Waals surface area contributed by atoms with Crippen LogP contribution in [-0.2, 0) is 24.1 Å². The Balaban J connectivity index is 1.63. The van der Waals surface area contributed by atoms with Crippen LogP contribution in [-0.4, -0.2) is 10.8 Å². The highest BCUT2D eigenvalue weighted by Gasteiger charge is 2.33. The smallest absolute Gasteiger partial charge is 0.370 e. The van der Waals surface area contributed by atoms with Crippen LogP contribution in [0.3, 0.4) is 0 Å². The van der Waals surface area contributed by atoms with Gasteiger partial charge in [0.25, 0.3) is 0 Å². The molecule has 1 amide bonds. The first-order chi connectivity index (χ1) is 14.3. The SMILES string of the molecule is O=C(C(Nc1ccc(F)cc1)c1ccc(C(F)(F)F)cc1)N1Cc2ccccc2C1. The van der Waals surface area contributed by atoms with E-state index in [4.69, 9.17) is 0 Å². The van der Waals surface area contributed by atoms with Gasteiger partial charge in [-0.2, -0.15) is 13.2 Å². The Hall–Kier alpha value is -3.35. The molecule has 0 saturated heterocycles. The van der Waals surface area contributed by atoms with Crippen molar-refractivity contribution in [2.45, 2.75) is 25.3 Å². The lowest BCUT2D eigenvalue weighted by Gasteiger charge is -2.25. The maximum absolute atomic E-state index is 13.3. The highest BCUT2D eigenvalue weighted by Crippen LogP contribution is 2.32. The zero-order valence-corrected chi connectivity index (χ0v) is 15.8. The van der Waals surface area contributed by atoms with Crippen LogP contribution in [0.15, 0.2) is 72.8 Å². The van der Waals surface area contributed by atoms with Gasteiger partial charge in [0.2, 0.25) is 5.91 Å². The summed E-state index contributed by atoms with van der Waals surface area (Å²) in [7, 11) is 0. The second kappa shape index (κ2) is 7.82. The second-order valence-electron chi connectivity index (χ2n) is 7.17. The largest absolute Gasteiger partial charge is 0.416 e. The molecule has 1 aliphatic rings. The van der Waals surface area contributed by atoms with E-state index in [0.29, 0.717) is 24.3 Å². The molecular formula is C23H18F4N2O. The summed E-state index contributed by atoms with van der Waals surface area (Å²) >= 11 is 0. The quantitative estimate of drug-likeness (QED) is 0.569. The molecule has 4 rings (SSSR count). The fourth-order valence-electron chi connectivity index (χ4n) is 3.54. The minimum atomic E-state index is -4.46. The zero-order valence-electron chi connectivity index (χ0n) is 15.8. The second-order valence-corrected chi connectivity index (χ2v) is 7.17. The standard InChI is InChI=1S/C23H18F4N2O/c24-19-9-11-20(12-10-19)28-21(15-5-7-18(8-6-15)23(25,26)27)22(30)29-13-16-3-1-2-4-17(16)14-29/h1-12,21,28H,13-14H2. The Morgan fingerprint density at radius 3 is 1.97 bits per heavy atom. The van der Waals surface area contributed by atoms with E-state index >= 15 is 0 Å². The molecule has 3 aromatic carbocycles. The molecule has 1 N–H and O–H groups in total. The lowest BCUT2D eigenvalue weighted by Crippen LogP contribution is -2.34. The number of halogens is 4. The van der Waals surface area contributed by atoms with Crippen molar-refractivity contribution in [1.82, 2.24) is 4.90 Å².